The molecule has 0 aromatic heterocycles. The van der Waals surface area contributed by atoms with Gasteiger partial charge in [-0.3, -0.25) is 4.79 Å². The van der Waals surface area contributed by atoms with Crippen molar-refractivity contribution in [1.82, 2.24) is 5.32 Å². The van der Waals surface area contributed by atoms with Gasteiger partial charge in [0.25, 0.3) is 0 Å². The molecule has 0 aliphatic carbocycles. The minimum absolute atomic E-state index is 0.0147. The summed E-state index contributed by atoms with van der Waals surface area (Å²) in [5.41, 5.74) is 1.44. The highest BCUT2D eigenvalue weighted by Crippen LogP contribution is 2.17. The molecule has 1 atom stereocenters. The Hall–Kier alpha value is -1.42. The molecule has 1 aromatic carbocycles. The minimum atomic E-state index is -0.280. The maximum absolute atomic E-state index is 12.9. The van der Waals surface area contributed by atoms with Crippen molar-refractivity contribution in [1.29, 1.82) is 0 Å². The standard InChI is InChI=1S/C13H17FN2O/c1-9-7-10(14)4-5-12(9)16-13(17)8-11-3-2-6-15-11/h4-5,7,11,15H,2-3,6,8H2,1H3,(H,16,17). The first kappa shape index (κ1) is 12.0. The molecule has 0 bridgehead atoms. The number of aryl methyl sites for hydroxylation is 1. The number of carbonyl (C=O) groups excluding carboxylic acids is 1. The summed E-state index contributed by atoms with van der Waals surface area (Å²) in [6, 6.07) is 4.67. The van der Waals surface area contributed by atoms with E-state index in [4.69, 9.17) is 0 Å². The summed E-state index contributed by atoms with van der Waals surface area (Å²) >= 11 is 0. The second-order valence-electron chi connectivity index (χ2n) is 4.50. The van der Waals surface area contributed by atoms with Gasteiger partial charge in [0.15, 0.2) is 0 Å². The van der Waals surface area contributed by atoms with Gasteiger partial charge in [-0.05, 0) is 50.1 Å². The molecule has 2 N–H and O–H groups in total. The Labute approximate surface area is 100 Å². The van der Waals surface area contributed by atoms with Crippen LogP contribution in [0.5, 0.6) is 0 Å². The molecule has 1 heterocycles. The molecule has 1 aliphatic heterocycles. The Balaban J connectivity index is 1.93. The zero-order valence-corrected chi connectivity index (χ0v) is 9.92. The number of halogens is 1. The van der Waals surface area contributed by atoms with Crippen LogP contribution in [0, 0.1) is 12.7 Å². The molecular weight excluding hydrogens is 219 g/mol. The second kappa shape index (κ2) is 5.27. The molecule has 0 spiro atoms. The average Bonchev–Trinajstić information content (AvgIpc) is 2.75. The maximum Gasteiger partial charge on any atom is 0.225 e. The van der Waals surface area contributed by atoms with Gasteiger partial charge in [-0.15, -0.1) is 0 Å². The summed E-state index contributed by atoms with van der Waals surface area (Å²) < 4.78 is 12.9. The van der Waals surface area contributed by atoms with Gasteiger partial charge >= 0.3 is 0 Å². The monoisotopic (exact) mass is 236 g/mol. The molecule has 2 rings (SSSR count). The van der Waals surface area contributed by atoms with Crippen molar-refractivity contribution in [3.8, 4) is 0 Å². The van der Waals surface area contributed by atoms with Crippen LogP contribution < -0.4 is 10.6 Å². The van der Waals surface area contributed by atoms with E-state index in [-0.39, 0.29) is 17.8 Å². The third-order valence-corrected chi connectivity index (χ3v) is 3.06. The largest absolute Gasteiger partial charge is 0.326 e. The Kier molecular flexibility index (Phi) is 3.74. The van der Waals surface area contributed by atoms with Crippen molar-refractivity contribution < 1.29 is 9.18 Å². The van der Waals surface area contributed by atoms with Crippen LogP contribution in [0.25, 0.3) is 0 Å². The lowest BCUT2D eigenvalue weighted by Gasteiger charge is -2.12. The summed E-state index contributed by atoms with van der Waals surface area (Å²) in [5.74, 6) is -0.294. The number of anilines is 1. The highest BCUT2D eigenvalue weighted by molar-refractivity contribution is 5.91. The van der Waals surface area contributed by atoms with Crippen molar-refractivity contribution in [3.63, 3.8) is 0 Å². The van der Waals surface area contributed by atoms with Crippen LogP contribution in [0.15, 0.2) is 18.2 Å². The predicted molar refractivity (Wildman–Crippen MR) is 65.4 cm³/mol. The molecule has 1 unspecified atom stereocenters. The average molecular weight is 236 g/mol. The van der Waals surface area contributed by atoms with Crippen LogP contribution in [0.2, 0.25) is 0 Å². The third-order valence-electron chi connectivity index (χ3n) is 3.06. The molecule has 1 aliphatic rings. The normalized spacial score (nSPS) is 19.3. The van der Waals surface area contributed by atoms with E-state index in [0.29, 0.717) is 12.1 Å². The number of carbonyl (C=O) groups is 1. The molecule has 1 amide bonds. The Bertz CT molecular complexity index is 414. The van der Waals surface area contributed by atoms with E-state index in [1.807, 2.05) is 0 Å². The summed E-state index contributed by atoms with van der Waals surface area (Å²) in [4.78, 5) is 11.8. The van der Waals surface area contributed by atoms with E-state index in [1.54, 1.807) is 13.0 Å². The number of benzene rings is 1. The smallest absolute Gasteiger partial charge is 0.225 e. The topological polar surface area (TPSA) is 41.1 Å². The molecule has 1 fully saturated rings. The van der Waals surface area contributed by atoms with Crippen LogP contribution in [0.1, 0.15) is 24.8 Å². The van der Waals surface area contributed by atoms with Crippen molar-refractivity contribution in [2.75, 3.05) is 11.9 Å². The number of amides is 1. The SMILES string of the molecule is Cc1cc(F)ccc1NC(=O)CC1CCCN1. The number of hydrogen-bond acceptors (Lipinski definition) is 2. The first-order chi connectivity index (χ1) is 8.15. The zero-order chi connectivity index (χ0) is 12.3. The fourth-order valence-electron chi connectivity index (χ4n) is 2.12. The molecule has 3 nitrogen and oxygen atoms in total. The number of hydrogen-bond donors (Lipinski definition) is 2. The van der Waals surface area contributed by atoms with Gasteiger partial charge in [0.1, 0.15) is 5.82 Å². The van der Waals surface area contributed by atoms with E-state index in [1.165, 1.54) is 12.1 Å². The van der Waals surface area contributed by atoms with Crippen LogP contribution in [-0.4, -0.2) is 18.5 Å². The van der Waals surface area contributed by atoms with Crippen molar-refractivity contribution in [3.05, 3.63) is 29.6 Å². The highest BCUT2D eigenvalue weighted by atomic mass is 19.1. The van der Waals surface area contributed by atoms with Crippen molar-refractivity contribution >= 4 is 11.6 Å². The third kappa shape index (κ3) is 3.27. The lowest BCUT2D eigenvalue weighted by atomic mass is 10.1. The first-order valence-electron chi connectivity index (χ1n) is 5.94. The van der Waals surface area contributed by atoms with E-state index in [9.17, 15) is 9.18 Å². The van der Waals surface area contributed by atoms with Crippen molar-refractivity contribution in [2.45, 2.75) is 32.2 Å². The molecular formula is C13H17FN2O. The molecule has 4 heteroatoms. The Morgan fingerprint density at radius 2 is 2.41 bits per heavy atom. The number of rotatable bonds is 3. The van der Waals surface area contributed by atoms with Gasteiger partial charge in [-0.2, -0.15) is 0 Å². The summed E-state index contributed by atoms with van der Waals surface area (Å²) in [6.07, 6.45) is 2.67. The summed E-state index contributed by atoms with van der Waals surface area (Å²) in [5, 5.41) is 6.09. The van der Waals surface area contributed by atoms with Crippen molar-refractivity contribution in [2.24, 2.45) is 0 Å². The summed E-state index contributed by atoms with van der Waals surface area (Å²) in [7, 11) is 0. The fourth-order valence-corrected chi connectivity index (χ4v) is 2.12. The van der Waals surface area contributed by atoms with Crippen LogP contribution in [0.3, 0.4) is 0 Å². The van der Waals surface area contributed by atoms with Crippen LogP contribution in [-0.2, 0) is 4.79 Å². The quantitative estimate of drug-likeness (QED) is 0.844. The lowest BCUT2D eigenvalue weighted by molar-refractivity contribution is -0.116. The molecule has 0 saturated carbocycles. The lowest BCUT2D eigenvalue weighted by Crippen LogP contribution is -2.27. The van der Waals surface area contributed by atoms with Crippen LogP contribution >= 0.6 is 0 Å². The fraction of sp³-hybridized carbons (Fsp3) is 0.462. The molecule has 0 radical (unpaired) electrons. The van der Waals surface area contributed by atoms with E-state index in [0.717, 1.165) is 24.9 Å². The Morgan fingerprint density at radius 1 is 1.59 bits per heavy atom. The van der Waals surface area contributed by atoms with E-state index >= 15 is 0 Å². The minimum Gasteiger partial charge on any atom is -0.326 e. The first-order valence-corrected chi connectivity index (χ1v) is 5.94. The van der Waals surface area contributed by atoms with E-state index in [2.05, 4.69) is 10.6 Å². The molecule has 92 valence electrons. The molecule has 1 saturated heterocycles. The highest BCUT2D eigenvalue weighted by Gasteiger charge is 2.17. The number of nitrogens with one attached hydrogen (secondary N) is 2. The zero-order valence-electron chi connectivity index (χ0n) is 9.92. The van der Waals surface area contributed by atoms with Gasteiger partial charge < -0.3 is 10.6 Å². The van der Waals surface area contributed by atoms with Gasteiger partial charge in [0.2, 0.25) is 5.91 Å². The van der Waals surface area contributed by atoms with Crippen LogP contribution in [0.4, 0.5) is 10.1 Å². The summed E-state index contributed by atoms with van der Waals surface area (Å²) in [6.45, 7) is 2.78. The Morgan fingerprint density at radius 3 is 3.06 bits per heavy atom. The van der Waals surface area contributed by atoms with Gasteiger partial charge in [0.05, 0.1) is 0 Å². The van der Waals surface area contributed by atoms with E-state index < -0.39 is 0 Å². The van der Waals surface area contributed by atoms with Gasteiger partial charge in [-0.25, -0.2) is 4.39 Å². The van der Waals surface area contributed by atoms with Gasteiger partial charge in [0, 0.05) is 18.2 Å². The second-order valence-corrected chi connectivity index (χ2v) is 4.50. The molecule has 1 aromatic rings. The van der Waals surface area contributed by atoms with Gasteiger partial charge in [-0.1, -0.05) is 0 Å². The maximum atomic E-state index is 12.9. The molecule has 17 heavy (non-hydrogen) atoms. The predicted octanol–water partition coefficient (Wildman–Crippen LogP) is 2.21.